The van der Waals surface area contributed by atoms with Gasteiger partial charge in [0.15, 0.2) is 0 Å². The molecule has 0 atom stereocenters. The summed E-state index contributed by atoms with van der Waals surface area (Å²) in [6.07, 6.45) is -5.30. The highest BCUT2D eigenvalue weighted by atomic mass is 35.5. The lowest BCUT2D eigenvalue weighted by atomic mass is 10.2. The number of sulfonamides is 1. The topological polar surface area (TPSA) is 207 Å². The van der Waals surface area contributed by atoms with Gasteiger partial charge in [-0.25, -0.2) is 41.9 Å². The maximum absolute atomic E-state index is 12.9. The molecule has 0 aliphatic carbocycles. The van der Waals surface area contributed by atoms with E-state index in [0.29, 0.717) is 15.2 Å². The number of benzene rings is 2. The number of rotatable bonds is 9. The Labute approximate surface area is 308 Å². The Balaban J connectivity index is 0.000000286. The molecule has 0 spiro atoms. The van der Waals surface area contributed by atoms with Crippen LogP contribution in [-0.4, -0.2) is 65.3 Å². The Hall–Kier alpha value is -5.47. The van der Waals surface area contributed by atoms with Gasteiger partial charge in [-0.15, -0.1) is 0 Å². The van der Waals surface area contributed by atoms with Crippen LogP contribution >= 0.6 is 23.2 Å². The SMILES string of the molecule is CC(C)OC(=O)c1cc(-n2c(=O)cc(C(F)(F)F)n(C)c2=O)ccc1Cl.CCOC(=O)c1ccccc1S(=O)(=O)NC(=O)Nc1nc(Cl)cc(OC)n1. The van der Waals surface area contributed by atoms with Gasteiger partial charge < -0.3 is 14.2 Å². The molecule has 0 radical (unpaired) electrons. The Kier molecular flexibility index (Phi) is 13.7. The fraction of sp³-hybridized carbons (Fsp3) is 0.258. The van der Waals surface area contributed by atoms with Crippen molar-refractivity contribution in [3.8, 4) is 11.6 Å². The lowest BCUT2D eigenvalue weighted by Gasteiger charge is -2.15. The van der Waals surface area contributed by atoms with Crippen molar-refractivity contribution in [1.82, 2.24) is 23.8 Å². The molecule has 2 N–H and O–H groups in total. The third-order valence-corrected chi connectivity index (χ3v) is 8.30. The minimum absolute atomic E-state index is 0.0104. The van der Waals surface area contributed by atoms with E-state index in [0.717, 1.165) is 13.1 Å². The zero-order valence-electron chi connectivity index (χ0n) is 28.2. The molecule has 0 aliphatic rings. The van der Waals surface area contributed by atoms with Crippen LogP contribution in [0, 0.1) is 0 Å². The van der Waals surface area contributed by atoms with Gasteiger partial charge in [-0.1, -0.05) is 35.3 Å². The van der Waals surface area contributed by atoms with E-state index in [-0.39, 0.29) is 45.4 Å². The van der Waals surface area contributed by atoms with E-state index in [2.05, 4.69) is 15.3 Å². The number of urea groups is 1. The van der Waals surface area contributed by atoms with Crippen molar-refractivity contribution >= 4 is 57.1 Å². The maximum Gasteiger partial charge on any atom is 0.431 e. The lowest BCUT2D eigenvalue weighted by molar-refractivity contribution is -0.144. The molecule has 16 nitrogen and oxygen atoms in total. The van der Waals surface area contributed by atoms with Crippen molar-refractivity contribution in [2.45, 2.75) is 37.9 Å². The van der Waals surface area contributed by atoms with Crippen LogP contribution in [0.25, 0.3) is 5.69 Å². The van der Waals surface area contributed by atoms with Crippen molar-refractivity contribution < 1.29 is 50.2 Å². The Morgan fingerprint density at radius 1 is 0.962 bits per heavy atom. The number of esters is 2. The van der Waals surface area contributed by atoms with Crippen molar-refractivity contribution in [3.05, 3.63) is 102 Å². The molecule has 4 aromatic rings. The number of anilines is 1. The van der Waals surface area contributed by atoms with Crippen molar-refractivity contribution in [2.24, 2.45) is 7.05 Å². The first-order valence-corrected chi connectivity index (χ1v) is 17.0. The minimum Gasteiger partial charge on any atom is -0.481 e. The van der Waals surface area contributed by atoms with Crippen LogP contribution in [0.3, 0.4) is 0 Å². The highest BCUT2D eigenvalue weighted by Gasteiger charge is 2.35. The van der Waals surface area contributed by atoms with Crippen molar-refractivity contribution in [3.63, 3.8) is 0 Å². The Morgan fingerprint density at radius 3 is 2.23 bits per heavy atom. The summed E-state index contributed by atoms with van der Waals surface area (Å²) in [5, 5.41) is 2.11. The monoisotopic (exact) mass is 804 g/mol. The lowest BCUT2D eigenvalue weighted by Crippen LogP contribution is -2.40. The molecule has 0 bridgehead atoms. The predicted octanol–water partition coefficient (Wildman–Crippen LogP) is 4.60. The van der Waals surface area contributed by atoms with Gasteiger partial charge in [0.2, 0.25) is 11.8 Å². The second-order valence-electron chi connectivity index (χ2n) is 10.5. The standard InChI is InChI=1S/C16H14ClF3N2O4.C15H15ClN4O6S/c1-8(2)26-14(24)10-6-9(4-5-11(10)17)22-13(23)7-12(16(18,19)20)21(3)15(22)25;1-3-26-13(21)9-6-4-5-7-10(9)27(23,24)20-15(22)19-14-17-11(16)8-12(18-14)25-2/h4-8H,1-3H3;4-8H,3H2,1-2H3,(H2,17,18,19,20,22). The summed E-state index contributed by atoms with van der Waals surface area (Å²) < 4.78 is 81.0. The number of nitrogens with one attached hydrogen (secondary N) is 2. The Morgan fingerprint density at radius 2 is 1.62 bits per heavy atom. The molecule has 2 heterocycles. The summed E-state index contributed by atoms with van der Waals surface area (Å²) in [5.74, 6) is -1.82. The summed E-state index contributed by atoms with van der Waals surface area (Å²) >= 11 is 11.7. The second kappa shape index (κ2) is 17.4. The first kappa shape index (κ1) is 41.9. The average Bonchev–Trinajstić information content (AvgIpc) is 3.06. The summed E-state index contributed by atoms with van der Waals surface area (Å²) in [7, 11) is -2.16. The average molecular weight is 806 g/mol. The molecular formula is C31H29Cl2F3N6O10S. The molecular weight excluding hydrogens is 776 g/mol. The third kappa shape index (κ3) is 10.8. The fourth-order valence-electron chi connectivity index (χ4n) is 4.16. The van der Waals surface area contributed by atoms with E-state index < -0.39 is 62.1 Å². The number of halogens is 5. The van der Waals surface area contributed by atoms with E-state index in [1.807, 2.05) is 0 Å². The van der Waals surface area contributed by atoms with Crippen molar-refractivity contribution in [2.75, 3.05) is 19.0 Å². The number of carbonyl (C=O) groups is 3. The van der Waals surface area contributed by atoms with Gasteiger partial charge >= 0.3 is 29.8 Å². The van der Waals surface area contributed by atoms with Crippen LogP contribution in [0.5, 0.6) is 5.88 Å². The third-order valence-electron chi connectivity index (χ3n) is 6.39. The van der Waals surface area contributed by atoms with Gasteiger partial charge in [-0.05, 0) is 51.1 Å². The number of amides is 2. The molecule has 4 rings (SSSR count). The van der Waals surface area contributed by atoms with Gasteiger partial charge in [0, 0.05) is 19.2 Å². The molecule has 0 fully saturated rings. The number of nitrogens with zero attached hydrogens (tertiary/aromatic N) is 4. The normalized spacial score (nSPS) is 11.2. The van der Waals surface area contributed by atoms with E-state index >= 15 is 0 Å². The fourth-order valence-corrected chi connectivity index (χ4v) is 5.63. The highest BCUT2D eigenvalue weighted by molar-refractivity contribution is 7.90. The summed E-state index contributed by atoms with van der Waals surface area (Å²) in [5.41, 5.74) is -4.21. The van der Waals surface area contributed by atoms with E-state index in [9.17, 15) is 45.6 Å². The number of alkyl halides is 3. The first-order valence-electron chi connectivity index (χ1n) is 14.8. The van der Waals surface area contributed by atoms with E-state index in [1.54, 1.807) is 25.5 Å². The van der Waals surface area contributed by atoms with Crippen LogP contribution in [-0.2, 0) is 32.7 Å². The number of aromatic nitrogens is 4. The highest BCUT2D eigenvalue weighted by Crippen LogP contribution is 2.27. The van der Waals surface area contributed by atoms with Gasteiger partial charge in [-0.3, -0.25) is 14.7 Å². The smallest absolute Gasteiger partial charge is 0.431 e. The molecule has 0 unspecified atom stereocenters. The molecule has 2 amide bonds. The molecule has 2 aromatic heterocycles. The maximum atomic E-state index is 12.9. The minimum atomic E-state index is -4.86. The van der Waals surface area contributed by atoms with E-state index in [1.165, 1.54) is 49.6 Å². The summed E-state index contributed by atoms with van der Waals surface area (Å²) in [6.45, 7) is 4.88. The molecule has 0 saturated heterocycles. The number of hydrogen-bond acceptors (Lipinski definition) is 12. The number of hydrogen-bond donors (Lipinski definition) is 2. The molecule has 0 saturated carbocycles. The van der Waals surface area contributed by atoms with Crippen LogP contribution in [0.4, 0.5) is 23.9 Å². The molecule has 0 aliphatic heterocycles. The predicted molar refractivity (Wildman–Crippen MR) is 183 cm³/mol. The Bertz CT molecular complexity index is 2260. The molecule has 22 heteroatoms. The van der Waals surface area contributed by atoms with Gasteiger partial charge in [0.1, 0.15) is 15.7 Å². The van der Waals surface area contributed by atoms with Crippen LogP contribution in [0.2, 0.25) is 10.2 Å². The number of ether oxygens (including phenoxy) is 3. The molecule has 2 aromatic carbocycles. The summed E-state index contributed by atoms with van der Waals surface area (Å²) in [6, 6.07) is 9.37. The van der Waals surface area contributed by atoms with Crippen LogP contribution < -0.4 is 26.0 Å². The quantitative estimate of drug-likeness (QED) is 0.176. The summed E-state index contributed by atoms with van der Waals surface area (Å²) in [4.78, 5) is 67.5. The first-order chi connectivity index (χ1) is 24.7. The van der Waals surface area contributed by atoms with Gasteiger partial charge in [0.25, 0.3) is 15.6 Å². The van der Waals surface area contributed by atoms with Crippen molar-refractivity contribution in [1.29, 1.82) is 0 Å². The van der Waals surface area contributed by atoms with Gasteiger partial charge in [-0.2, -0.15) is 18.2 Å². The zero-order valence-corrected chi connectivity index (χ0v) is 30.5. The largest absolute Gasteiger partial charge is 0.481 e. The molecule has 53 heavy (non-hydrogen) atoms. The van der Waals surface area contributed by atoms with Crippen LogP contribution in [0.1, 0.15) is 47.2 Å². The molecule has 284 valence electrons. The van der Waals surface area contributed by atoms with Gasteiger partial charge in [0.05, 0.1) is 41.7 Å². The zero-order chi connectivity index (χ0) is 39.8. The number of carbonyl (C=O) groups excluding carboxylic acids is 3. The van der Waals surface area contributed by atoms with Crippen LogP contribution in [0.15, 0.2) is 69.1 Å². The number of methoxy groups -OCH3 is 1. The second-order valence-corrected chi connectivity index (χ2v) is 12.9. The van der Waals surface area contributed by atoms with E-state index in [4.69, 9.17) is 37.4 Å².